The highest BCUT2D eigenvalue weighted by molar-refractivity contribution is 6.31. The van der Waals surface area contributed by atoms with Crippen LogP contribution in [0.25, 0.3) is 0 Å². The van der Waals surface area contributed by atoms with Crippen molar-refractivity contribution < 1.29 is 4.74 Å². The maximum atomic E-state index is 6.18. The van der Waals surface area contributed by atoms with E-state index in [9.17, 15) is 0 Å². The highest BCUT2D eigenvalue weighted by atomic mass is 35.5. The molecule has 1 aromatic rings. The lowest BCUT2D eigenvalue weighted by Crippen LogP contribution is -2.35. The molecule has 0 amide bonds. The van der Waals surface area contributed by atoms with Gasteiger partial charge in [-0.3, -0.25) is 4.99 Å². The van der Waals surface area contributed by atoms with Crippen molar-refractivity contribution in [3.05, 3.63) is 34.9 Å². The summed E-state index contributed by atoms with van der Waals surface area (Å²) in [7, 11) is 0. The van der Waals surface area contributed by atoms with Crippen LogP contribution in [0.4, 0.5) is 0 Å². The monoisotopic (exact) mass is 278 g/mol. The van der Waals surface area contributed by atoms with Crippen molar-refractivity contribution in [1.82, 2.24) is 5.32 Å². The number of piperidine rings is 1. The van der Waals surface area contributed by atoms with Gasteiger partial charge in [0.25, 0.3) is 0 Å². The number of benzene rings is 1. The zero-order chi connectivity index (χ0) is 13.1. The van der Waals surface area contributed by atoms with Gasteiger partial charge in [0.2, 0.25) is 0 Å². The molecule has 1 aromatic carbocycles. The number of hydrogen-bond donors (Lipinski definition) is 1. The quantitative estimate of drug-likeness (QED) is 0.922. The van der Waals surface area contributed by atoms with E-state index in [0.717, 1.165) is 42.5 Å². The molecule has 0 aromatic heterocycles. The van der Waals surface area contributed by atoms with Gasteiger partial charge in [0.1, 0.15) is 6.10 Å². The molecule has 2 heterocycles. The average molecular weight is 279 g/mol. The van der Waals surface area contributed by atoms with Crippen molar-refractivity contribution >= 4 is 17.5 Å². The molecular formula is C15H19ClN2O. The molecule has 2 aliphatic rings. The summed E-state index contributed by atoms with van der Waals surface area (Å²) in [5.74, 6) is 1.41. The van der Waals surface area contributed by atoms with E-state index in [4.69, 9.17) is 16.3 Å². The summed E-state index contributed by atoms with van der Waals surface area (Å²) in [5.41, 5.74) is 1.15. The molecule has 1 N–H and O–H groups in total. The summed E-state index contributed by atoms with van der Waals surface area (Å²) in [5, 5.41) is 4.22. The van der Waals surface area contributed by atoms with Crippen molar-refractivity contribution in [2.45, 2.75) is 25.4 Å². The lowest BCUT2D eigenvalue weighted by Gasteiger charge is -2.23. The summed E-state index contributed by atoms with van der Waals surface area (Å²) < 4.78 is 6.01. The number of aliphatic imine (C=N–C) groups is 1. The second kappa shape index (κ2) is 5.93. The van der Waals surface area contributed by atoms with Crippen LogP contribution >= 0.6 is 11.6 Å². The minimum Gasteiger partial charge on any atom is -0.475 e. The molecule has 4 heteroatoms. The second-order valence-electron chi connectivity index (χ2n) is 5.26. The molecule has 1 fully saturated rings. The Balaban J connectivity index is 1.57. The van der Waals surface area contributed by atoms with Gasteiger partial charge in [-0.1, -0.05) is 29.8 Å². The Morgan fingerprint density at radius 2 is 2.26 bits per heavy atom. The molecule has 1 saturated heterocycles. The molecule has 19 heavy (non-hydrogen) atoms. The van der Waals surface area contributed by atoms with Gasteiger partial charge in [-0.2, -0.15) is 0 Å². The van der Waals surface area contributed by atoms with E-state index in [0.29, 0.717) is 5.92 Å². The summed E-state index contributed by atoms with van der Waals surface area (Å²) in [4.78, 5) is 4.58. The van der Waals surface area contributed by atoms with Crippen LogP contribution < -0.4 is 5.32 Å². The molecule has 102 valence electrons. The molecule has 0 saturated carbocycles. The number of ether oxygens (including phenoxy) is 1. The lowest BCUT2D eigenvalue weighted by molar-refractivity contribution is 0.205. The van der Waals surface area contributed by atoms with Crippen molar-refractivity contribution in [3.63, 3.8) is 0 Å². The summed E-state index contributed by atoms with van der Waals surface area (Å²) in [6.45, 7) is 2.88. The van der Waals surface area contributed by atoms with E-state index in [1.165, 1.54) is 12.8 Å². The standard InChI is InChI=1S/C15H19ClN2O/c16-14-6-2-1-4-11(14)8-13-10-18-15(19-13)12-5-3-7-17-9-12/h1-2,4,6,12-13,17H,3,5,7-10H2. The SMILES string of the molecule is Clc1ccccc1CC1CN=C(C2CCCNC2)O1. The van der Waals surface area contributed by atoms with Gasteiger partial charge in [0.05, 0.1) is 6.54 Å². The third-order valence-corrected chi connectivity index (χ3v) is 4.16. The number of halogens is 1. The Kier molecular flexibility index (Phi) is 4.04. The maximum Gasteiger partial charge on any atom is 0.188 e. The first-order valence-electron chi connectivity index (χ1n) is 6.98. The molecule has 3 nitrogen and oxygen atoms in total. The van der Waals surface area contributed by atoms with Gasteiger partial charge in [0, 0.05) is 23.9 Å². The Labute approximate surface area is 119 Å². The highest BCUT2D eigenvalue weighted by Crippen LogP contribution is 2.23. The van der Waals surface area contributed by atoms with E-state index < -0.39 is 0 Å². The van der Waals surface area contributed by atoms with E-state index in [2.05, 4.69) is 16.4 Å². The Hall–Kier alpha value is -1.06. The minimum absolute atomic E-state index is 0.150. The van der Waals surface area contributed by atoms with E-state index in [1.807, 2.05) is 18.2 Å². The first-order chi connectivity index (χ1) is 9.33. The molecule has 2 unspecified atom stereocenters. The molecule has 2 aliphatic heterocycles. The fourth-order valence-electron chi connectivity index (χ4n) is 2.74. The molecule has 0 bridgehead atoms. The third kappa shape index (κ3) is 3.10. The fourth-order valence-corrected chi connectivity index (χ4v) is 2.95. The second-order valence-corrected chi connectivity index (χ2v) is 5.66. The zero-order valence-corrected chi connectivity index (χ0v) is 11.7. The predicted molar refractivity (Wildman–Crippen MR) is 77.9 cm³/mol. The van der Waals surface area contributed by atoms with Crippen molar-refractivity contribution in [3.8, 4) is 0 Å². The average Bonchev–Trinajstić information content (AvgIpc) is 2.91. The molecule has 0 spiro atoms. The van der Waals surface area contributed by atoms with Gasteiger partial charge < -0.3 is 10.1 Å². The van der Waals surface area contributed by atoms with Gasteiger partial charge in [0.15, 0.2) is 5.90 Å². The highest BCUT2D eigenvalue weighted by Gasteiger charge is 2.28. The topological polar surface area (TPSA) is 33.6 Å². The Bertz CT molecular complexity index is 469. The smallest absolute Gasteiger partial charge is 0.188 e. The van der Waals surface area contributed by atoms with Crippen LogP contribution in [0.2, 0.25) is 5.02 Å². The van der Waals surface area contributed by atoms with Crippen LogP contribution in [0.3, 0.4) is 0 Å². The first kappa shape index (κ1) is 12.9. The normalized spacial score (nSPS) is 26.9. The zero-order valence-electron chi connectivity index (χ0n) is 10.9. The Morgan fingerprint density at radius 1 is 1.37 bits per heavy atom. The maximum absolute atomic E-state index is 6.18. The molecule has 0 aliphatic carbocycles. The first-order valence-corrected chi connectivity index (χ1v) is 7.36. The number of nitrogens with one attached hydrogen (secondary N) is 1. The van der Waals surface area contributed by atoms with Crippen LogP contribution in [-0.4, -0.2) is 31.6 Å². The molecule has 0 radical (unpaired) electrons. The third-order valence-electron chi connectivity index (χ3n) is 3.79. The van der Waals surface area contributed by atoms with Crippen LogP contribution in [-0.2, 0) is 11.2 Å². The van der Waals surface area contributed by atoms with Gasteiger partial charge >= 0.3 is 0 Å². The summed E-state index contributed by atoms with van der Waals surface area (Å²) >= 11 is 6.18. The lowest BCUT2D eigenvalue weighted by atomic mass is 10.00. The largest absolute Gasteiger partial charge is 0.475 e. The van der Waals surface area contributed by atoms with E-state index in [1.54, 1.807) is 0 Å². The summed E-state index contributed by atoms with van der Waals surface area (Å²) in [6, 6.07) is 7.96. The number of rotatable bonds is 3. The van der Waals surface area contributed by atoms with E-state index in [-0.39, 0.29) is 6.10 Å². The summed E-state index contributed by atoms with van der Waals surface area (Å²) in [6.07, 6.45) is 3.39. The van der Waals surface area contributed by atoms with Gasteiger partial charge in [-0.25, -0.2) is 0 Å². The van der Waals surface area contributed by atoms with Crippen LogP contribution in [0.15, 0.2) is 29.3 Å². The van der Waals surface area contributed by atoms with Gasteiger partial charge in [-0.15, -0.1) is 0 Å². The van der Waals surface area contributed by atoms with Gasteiger partial charge in [-0.05, 0) is 31.0 Å². The minimum atomic E-state index is 0.150. The molecule has 2 atom stereocenters. The number of hydrogen-bond acceptors (Lipinski definition) is 3. The van der Waals surface area contributed by atoms with Crippen molar-refractivity contribution in [2.75, 3.05) is 19.6 Å². The predicted octanol–water partition coefficient (Wildman–Crippen LogP) is 2.68. The van der Waals surface area contributed by atoms with Crippen LogP contribution in [0.1, 0.15) is 18.4 Å². The van der Waals surface area contributed by atoms with E-state index >= 15 is 0 Å². The van der Waals surface area contributed by atoms with Crippen molar-refractivity contribution in [1.29, 1.82) is 0 Å². The molecule has 3 rings (SSSR count). The fraction of sp³-hybridized carbons (Fsp3) is 0.533. The number of nitrogens with zero attached hydrogens (tertiary/aromatic N) is 1. The molecular weight excluding hydrogens is 260 g/mol. The van der Waals surface area contributed by atoms with Crippen LogP contribution in [0, 0.1) is 5.92 Å². The van der Waals surface area contributed by atoms with Crippen molar-refractivity contribution in [2.24, 2.45) is 10.9 Å². The Morgan fingerprint density at radius 3 is 3.05 bits per heavy atom. The van der Waals surface area contributed by atoms with Crippen LogP contribution in [0.5, 0.6) is 0 Å².